The van der Waals surface area contributed by atoms with E-state index in [-0.39, 0.29) is 23.3 Å². The van der Waals surface area contributed by atoms with E-state index in [0.717, 1.165) is 12.8 Å². The summed E-state index contributed by atoms with van der Waals surface area (Å²) in [6, 6.07) is 15.6. The molecule has 4 N–H and O–H groups in total. The predicted molar refractivity (Wildman–Crippen MR) is 151 cm³/mol. The third-order valence-electron chi connectivity index (χ3n) is 6.81. The number of rotatable bonds is 7. The van der Waals surface area contributed by atoms with Gasteiger partial charge in [-0.15, -0.1) is 0 Å². The second-order valence-corrected chi connectivity index (χ2v) is 10.5. The van der Waals surface area contributed by atoms with Gasteiger partial charge in [0.25, 0.3) is 5.91 Å². The molecule has 1 amide bonds. The molecule has 204 valence electrons. The number of nitriles is 1. The average molecular weight is 540 g/mol. The molecular formula is C30H30FN7O2. The first-order valence-electron chi connectivity index (χ1n) is 13.0. The SMILES string of the molecule is CC(C)(N)/C=C(/C#N)C(=O)N1CCC[C@@H]1Cn1cc(-c2ccc(Oc3ccccc3)cc2F)c2c(N)ncnc21. The van der Waals surface area contributed by atoms with Gasteiger partial charge in [0, 0.05) is 42.0 Å². The Morgan fingerprint density at radius 2 is 1.98 bits per heavy atom. The van der Waals surface area contributed by atoms with Crippen LogP contribution in [0.1, 0.15) is 26.7 Å². The lowest BCUT2D eigenvalue weighted by Crippen LogP contribution is -2.40. The molecule has 1 aliphatic heterocycles. The molecule has 0 unspecified atom stereocenters. The van der Waals surface area contributed by atoms with Gasteiger partial charge in [0.2, 0.25) is 0 Å². The molecule has 0 aliphatic carbocycles. The van der Waals surface area contributed by atoms with E-state index in [2.05, 4.69) is 9.97 Å². The van der Waals surface area contributed by atoms with Crippen molar-refractivity contribution in [2.24, 2.45) is 5.73 Å². The van der Waals surface area contributed by atoms with Gasteiger partial charge < -0.3 is 25.7 Å². The molecule has 0 bridgehead atoms. The molecule has 1 aliphatic rings. The Labute approximate surface area is 231 Å². The smallest absolute Gasteiger partial charge is 0.264 e. The number of ether oxygens (including phenoxy) is 1. The highest BCUT2D eigenvalue weighted by atomic mass is 19.1. The highest BCUT2D eigenvalue weighted by Crippen LogP contribution is 2.36. The fourth-order valence-corrected chi connectivity index (χ4v) is 5.08. The number of carbonyl (C=O) groups is 1. The first kappa shape index (κ1) is 26.8. The third-order valence-corrected chi connectivity index (χ3v) is 6.81. The average Bonchev–Trinajstić information content (AvgIpc) is 3.53. The maximum atomic E-state index is 15.5. The minimum Gasteiger partial charge on any atom is -0.457 e. The molecule has 1 atom stereocenters. The molecule has 40 heavy (non-hydrogen) atoms. The zero-order chi connectivity index (χ0) is 28.4. The number of fused-ring (bicyclic) bond motifs is 1. The summed E-state index contributed by atoms with van der Waals surface area (Å²) in [7, 11) is 0. The highest BCUT2D eigenvalue weighted by Gasteiger charge is 2.32. The Morgan fingerprint density at radius 1 is 1.20 bits per heavy atom. The van der Waals surface area contributed by atoms with Gasteiger partial charge in [-0.2, -0.15) is 5.26 Å². The van der Waals surface area contributed by atoms with Gasteiger partial charge in [0.05, 0.1) is 11.4 Å². The maximum absolute atomic E-state index is 15.5. The number of nitrogens with two attached hydrogens (primary N) is 2. The number of para-hydroxylation sites is 1. The quantitative estimate of drug-likeness (QED) is 0.255. The maximum Gasteiger partial charge on any atom is 0.264 e. The van der Waals surface area contributed by atoms with E-state index in [4.69, 9.17) is 16.2 Å². The van der Waals surface area contributed by atoms with E-state index in [1.165, 1.54) is 18.5 Å². The van der Waals surface area contributed by atoms with Crippen molar-refractivity contribution in [3.05, 3.63) is 78.5 Å². The highest BCUT2D eigenvalue weighted by molar-refractivity contribution is 6.01. The van der Waals surface area contributed by atoms with Gasteiger partial charge in [-0.25, -0.2) is 14.4 Å². The number of amides is 1. The number of benzene rings is 2. The lowest BCUT2D eigenvalue weighted by atomic mass is 10.0. The first-order valence-corrected chi connectivity index (χ1v) is 13.0. The number of hydrogen-bond donors (Lipinski definition) is 2. The van der Waals surface area contributed by atoms with Crippen molar-refractivity contribution >= 4 is 22.8 Å². The molecule has 0 radical (unpaired) electrons. The predicted octanol–water partition coefficient (Wildman–Crippen LogP) is 4.79. The van der Waals surface area contributed by atoms with Gasteiger partial charge in [-0.1, -0.05) is 18.2 Å². The van der Waals surface area contributed by atoms with Crippen LogP contribution in [0.25, 0.3) is 22.2 Å². The van der Waals surface area contributed by atoms with E-state index in [1.807, 2.05) is 28.8 Å². The van der Waals surface area contributed by atoms with Crippen molar-refractivity contribution in [2.45, 2.75) is 44.8 Å². The largest absolute Gasteiger partial charge is 0.457 e. The van der Waals surface area contributed by atoms with Crippen LogP contribution in [0, 0.1) is 17.1 Å². The van der Waals surface area contributed by atoms with E-state index in [9.17, 15) is 10.1 Å². The molecule has 2 aromatic heterocycles. The van der Waals surface area contributed by atoms with Crippen LogP contribution in [0.3, 0.4) is 0 Å². The summed E-state index contributed by atoms with van der Waals surface area (Å²) in [5.41, 5.74) is 12.9. The number of hydrogen-bond acceptors (Lipinski definition) is 7. The summed E-state index contributed by atoms with van der Waals surface area (Å²) in [6.45, 7) is 4.38. The number of anilines is 1. The second kappa shape index (κ2) is 10.8. The van der Waals surface area contributed by atoms with Gasteiger partial charge in [-0.05, 0) is 57.0 Å². The third kappa shape index (κ3) is 5.51. The molecule has 9 nitrogen and oxygen atoms in total. The van der Waals surface area contributed by atoms with Crippen molar-refractivity contribution in [1.29, 1.82) is 5.26 Å². The van der Waals surface area contributed by atoms with Crippen molar-refractivity contribution in [3.63, 3.8) is 0 Å². The summed E-state index contributed by atoms with van der Waals surface area (Å²) in [6.07, 6.45) is 6.18. The zero-order valence-electron chi connectivity index (χ0n) is 22.3. The number of likely N-dealkylation sites (tertiary alicyclic amines) is 1. The fraction of sp³-hybridized carbons (Fsp3) is 0.267. The number of carbonyl (C=O) groups excluding carboxylic acids is 1. The van der Waals surface area contributed by atoms with Crippen molar-refractivity contribution in [3.8, 4) is 28.7 Å². The van der Waals surface area contributed by atoms with Crippen LogP contribution >= 0.6 is 0 Å². The number of halogens is 1. The Balaban J connectivity index is 1.48. The fourth-order valence-electron chi connectivity index (χ4n) is 5.08. The molecule has 5 rings (SSSR count). The second-order valence-electron chi connectivity index (χ2n) is 10.5. The van der Waals surface area contributed by atoms with E-state index in [1.54, 1.807) is 49.2 Å². The topological polar surface area (TPSA) is 136 Å². The molecule has 1 fully saturated rings. The van der Waals surface area contributed by atoms with Crippen LogP contribution in [0.2, 0.25) is 0 Å². The molecule has 4 aromatic rings. The minimum atomic E-state index is -0.804. The molecule has 10 heteroatoms. The Morgan fingerprint density at radius 3 is 2.67 bits per heavy atom. The monoisotopic (exact) mass is 539 g/mol. The van der Waals surface area contributed by atoms with Crippen LogP contribution in [-0.4, -0.2) is 43.5 Å². The van der Waals surface area contributed by atoms with Crippen LogP contribution in [0.15, 0.2) is 72.7 Å². The van der Waals surface area contributed by atoms with E-state index in [0.29, 0.717) is 46.7 Å². The summed E-state index contributed by atoms with van der Waals surface area (Å²) in [5, 5.41) is 10.1. The van der Waals surface area contributed by atoms with E-state index >= 15 is 4.39 Å². The molecule has 1 saturated heterocycles. The van der Waals surface area contributed by atoms with Crippen LogP contribution < -0.4 is 16.2 Å². The molecule has 0 saturated carbocycles. The molecule has 0 spiro atoms. The van der Waals surface area contributed by atoms with E-state index < -0.39 is 11.4 Å². The van der Waals surface area contributed by atoms with Crippen LogP contribution in [0.4, 0.5) is 10.2 Å². The van der Waals surface area contributed by atoms with Crippen molar-refractivity contribution in [1.82, 2.24) is 19.4 Å². The van der Waals surface area contributed by atoms with Gasteiger partial charge >= 0.3 is 0 Å². The van der Waals surface area contributed by atoms with Crippen LogP contribution in [-0.2, 0) is 11.3 Å². The Bertz CT molecular complexity index is 1630. The summed E-state index contributed by atoms with van der Waals surface area (Å²) < 4.78 is 23.1. The normalized spacial score (nSPS) is 15.8. The zero-order valence-corrected chi connectivity index (χ0v) is 22.3. The Hall–Kier alpha value is -4.75. The summed E-state index contributed by atoms with van der Waals surface area (Å²) in [5.74, 6) is 0.351. The standard InChI is InChI=1S/C30H30FN7O2/c1-30(2,34)14-19(15-32)29(39)38-12-6-7-20(38)16-37-17-24(26-27(33)35-18-36-28(26)37)23-11-10-22(13-25(23)31)40-21-8-4-3-5-9-21/h3-5,8-11,13-14,17-18,20H,6-7,12,16,34H2,1-2H3,(H2,33,35,36)/b19-14-/t20-/m1/s1. The van der Waals surface area contributed by atoms with Crippen molar-refractivity contribution < 1.29 is 13.9 Å². The van der Waals surface area contributed by atoms with Gasteiger partial charge in [0.15, 0.2) is 0 Å². The van der Waals surface area contributed by atoms with Crippen LogP contribution in [0.5, 0.6) is 11.5 Å². The summed E-state index contributed by atoms with van der Waals surface area (Å²) >= 11 is 0. The van der Waals surface area contributed by atoms with Gasteiger partial charge in [-0.3, -0.25) is 4.79 Å². The van der Waals surface area contributed by atoms with Gasteiger partial charge in [0.1, 0.15) is 46.8 Å². The number of nitrogens with zero attached hydrogens (tertiary/aromatic N) is 5. The van der Waals surface area contributed by atoms with Crippen molar-refractivity contribution in [2.75, 3.05) is 12.3 Å². The number of aromatic nitrogens is 3. The lowest BCUT2D eigenvalue weighted by Gasteiger charge is -2.26. The molecular weight excluding hydrogens is 509 g/mol. The molecule has 2 aromatic carbocycles. The Kier molecular flexibility index (Phi) is 7.24. The minimum absolute atomic E-state index is 0.0175. The lowest BCUT2D eigenvalue weighted by molar-refractivity contribution is -0.127. The summed E-state index contributed by atoms with van der Waals surface area (Å²) in [4.78, 5) is 23.6. The first-order chi connectivity index (χ1) is 19.1. The number of nitrogen functional groups attached to an aromatic ring is 1. The molecule has 3 heterocycles.